The van der Waals surface area contributed by atoms with E-state index in [0.29, 0.717) is 24.1 Å². The van der Waals surface area contributed by atoms with Gasteiger partial charge in [0.15, 0.2) is 0 Å². The second kappa shape index (κ2) is 9.98. The lowest BCUT2D eigenvalue weighted by atomic mass is 9.86. The maximum Gasteiger partial charge on any atom is 0.122 e. The summed E-state index contributed by atoms with van der Waals surface area (Å²) in [6.07, 6.45) is 10.7. The highest BCUT2D eigenvalue weighted by molar-refractivity contribution is 5.43. The Morgan fingerprint density at radius 1 is 1.10 bits per heavy atom. The quantitative estimate of drug-likeness (QED) is 0.516. The summed E-state index contributed by atoms with van der Waals surface area (Å²) >= 11 is 0. The number of phenols is 1. The molecule has 1 aliphatic rings. The average Bonchev–Trinajstić information content (AvgIpc) is 3.16. The van der Waals surface area contributed by atoms with Gasteiger partial charge in [-0.3, -0.25) is 0 Å². The first-order valence-electron chi connectivity index (χ1n) is 10.9. The molecule has 0 heterocycles. The van der Waals surface area contributed by atoms with Crippen molar-refractivity contribution in [3.8, 4) is 11.5 Å². The van der Waals surface area contributed by atoms with E-state index in [0.717, 1.165) is 42.6 Å². The number of allylic oxidation sites excluding steroid dienone is 1. The topological polar surface area (TPSA) is 55.5 Å². The fraction of sp³-hybridized carbons (Fsp3) is 0.462. The monoisotopic (exact) mass is 393 g/mol. The van der Waals surface area contributed by atoms with E-state index in [1.807, 2.05) is 36.4 Å². The molecular weight excluding hydrogens is 358 g/mol. The number of rotatable bonds is 9. The van der Waals surface area contributed by atoms with E-state index in [9.17, 15) is 5.11 Å². The van der Waals surface area contributed by atoms with Crippen LogP contribution < -0.4 is 10.5 Å². The molecule has 0 saturated heterocycles. The number of aromatic hydroxyl groups is 1. The third-order valence-corrected chi connectivity index (χ3v) is 5.90. The zero-order chi connectivity index (χ0) is 20.7. The van der Waals surface area contributed by atoms with Crippen LogP contribution in [0.3, 0.4) is 0 Å². The first-order valence-corrected chi connectivity index (χ1v) is 10.9. The van der Waals surface area contributed by atoms with Crippen molar-refractivity contribution in [3.05, 3.63) is 71.8 Å². The highest BCUT2D eigenvalue weighted by Crippen LogP contribution is 2.44. The second-order valence-electron chi connectivity index (χ2n) is 8.76. The first-order chi connectivity index (χ1) is 14.0. The Labute approximate surface area is 175 Å². The van der Waals surface area contributed by atoms with Gasteiger partial charge in [-0.25, -0.2) is 0 Å². The van der Waals surface area contributed by atoms with E-state index >= 15 is 0 Å². The largest absolute Gasteiger partial charge is 0.507 e. The number of hydrogen-bond acceptors (Lipinski definition) is 3. The molecule has 3 rings (SSSR count). The van der Waals surface area contributed by atoms with Crippen molar-refractivity contribution in [2.45, 2.75) is 63.9 Å². The van der Waals surface area contributed by atoms with Crippen LogP contribution in [0.25, 0.3) is 0 Å². The minimum atomic E-state index is -0.254. The molecule has 3 heteroatoms. The summed E-state index contributed by atoms with van der Waals surface area (Å²) in [6.45, 7) is 4.91. The standard InChI is InChI=1S/C26H35NO2/c1-26(2,29-22-14-4-3-5-15-22)18-8-12-20-10-6-16-23(20)24-17-7-11-21(25(24)28)13-9-19-27/h3-5,7-8,11-12,14-15,17,20,23,28H,6,9-10,13,16,18-19,27H2,1-2H3/b12-8+/t20?,23-/m0/s1. The summed E-state index contributed by atoms with van der Waals surface area (Å²) < 4.78 is 6.15. The lowest BCUT2D eigenvalue weighted by Crippen LogP contribution is -2.27. The Morgan fingerprint density at radius 3 is 2.66 bits per heavy atom. The third-order valence-electron chi connectivity index (χ3n) is 5.90. The molecule has 0 aliphatic heterocycles. The lowest BCUT2D eigenvalue weighted by molar-refractivity contribution is 0.113. The number of aryl methyl sites for hydroxylation is 1. The van der Waals surface area contributed by atoms with Gasteiger partial charge in [-0.05, 0) is 81.2 Å². The van der Waals surface area contributed by atoms with E-state index in [2.05, 4.69) is 38.1 Å². The zero-order valence-corrected chi connectivity index (χ0v) is 17.8. The van der Waals surface area contributed by atoms with Crippen molar-refractivity contribution < 1.29 is 9.84 Å². The maximum atomic E-state index is 10.8. The van der Waals surface area contributed by atoms with Crippen molar-refractivity contribution in [1.29, 1.82) is 0 Å². The zero-order valence-electron chi connectivity index (χ0n) is 17.8. The van der Waals surface area contributed by atoms with Crippen LogP contribution in [0, 0.1) is 5.92 Å². The maximum absolute atomic E-state index is 10.8. The van der Waals surface area contributed by atoms with Crippen LogP contribution in [0.15, 0.2) is 60.7 Å². The van der Waals surface area contributed by atoms with Gasteiger partial charge < -0.3 is 15.6 Å². The van der Waals surface area contributed by atoms with E-state index < -0.39 is 0 Å². The predicted octanol–water partition coefficient (Wildman–Crippen LogP) is 5.97. The predicted molar refractivity (Wildman–Crippen MR) is 120 cm³/mol. The average molecular weight is 394 g/mol. The molecule has 2 atom stereocenters. The van der Waals surface area contributed by atoms with Crippen LogP contribution in [0.2, 0.25) is 0 Å². The number of ether oxygens (including phenoxy) is 1. The van der Waals surface area contributed by atoms with E-state index in [1.165, 1.54) is 12.8 Å². The van der Waals surface area contributed by atoms with Crippen molar-refractivity contribution in [2.24, 2.45) is 11.7 Å². The second-order valence-corrected chi connectivity index (χ2v) is 8.76. The number of hydrogen-bond donors (Lipinski definition) is 2. The van der Waals surface area contributed by atoms with Gasteiger partial charge in [-0.1, -0.05) is 55.0 Å². The first kappa shape index (κ1) is 21.4. The van der Waals surface area contributed by atoms with Crippen molar-refractivity contribution in [2.75, 3.05) is 6.54 Å². The molecule has 0 spiro atoms. The minimum absolute atomic E-state index is 0.254. The van der Waals surface area contributed by atoms with E-state index in [-0.39, 0.29) is 5.60 Å². The highest BCUT2D eigenvalue weighted by Gasteiger charge is 2.29. The van der Waals surface area contributed by atoms with Crippen LogP contribution in [0.1, 0.15) is 63.0 Å². The van der Waals surface area contributed by atoms with Gasteiger partial charge >= 0.3 is 0 Å². The van der Waals surface area contributed by atoms with Crippen molar-refractivity contribution in [3.63, 3.8) is 0 Å². The van der Waals surface area contributed by atoms with Crippen molar-refractivity contribution >= 4 is 0 Å². The molecular formula is C26H35NO2. The number of benzene rings is 2. The smallest absolute Gasteiger partial charge is 0.122 e. The van der Waals surface area contributed by atoms with Gasteiger partial charge in [0.25, 0.3) is 0 Å². The lowest BCUT2D eigenvalue weighted by Gasteiger charge is -2.25. The molecule has 1 unspecified atom stereocenters. The van der Waals surface area contributed by atoms with Gasteiger partial charge in [0.2, 0.25) is 0 Å². The molecule has 0 radical (unpaired) electrons. The van der Waals surface area contributed by atoms with E-state index in [4.69, 9.17) is 10.5 Å². The molecule has 1 fully saturated rings. The Kier molecular flexibility index (Phi) is 7.38. The molecule has 2 aromatic rings. The molecule has 1 aliphatic carbocycles. The molecule has 1 saturated carbocycles. The van der Waals surface area contributed by atoms with Crippen molar-refractivity contribution in [1.82, 2.24) is 0 Å². The third kappa shape index (κ3) is 5.86. The fourth-order valence-corrected chi connectivity index (χ4v) is 4.39. The molecule has 29 heavy (non-hydrogen) atoms. The van der Waals surface area contributed by atoms with Gasteiger partial charge in [0.05, 0.1) is 0 Å². The van der Waals surface area contributed by atoms with Gasteiger partial charge in [-0.15, -0.1) is 0 Å². The van der Waals surface area contributed by atoms with Crippen LogP contribution >= 0.6 is 0 Å². The Morgan fingerprint density at radius 2 is 1.90 bits per heavy atom. The molecule has 156 valence electrons. The van der Waals surface area contributed by atoms with Crippen LogP contribution in [0.4, 0.5) is 0 Å². The summed E-state index contributed by atoms with van der Waals surface area (Å²) in [4.78, 5) is 0. The SMILES string of the molecule is CC(C)(C/C=C/C1CCC[C@@H]1c1cccc(CCCN)c1O)Oc1ccccc1. The van der Waals surface area contributed by atoms with Crippen LogP contribution in [0.5, 0.6) is 11.5 Å². The molecule has 3 nitrogen and oxygen atoms in total. The Balaban J connectivity index is 1.65. The molecule has 2 aromatic carbocycles. The van der Waals surface area contributed by atoms with Gasteiger partial charge in [0.1, 0.15) is 17.1 Å². The number of nitrogens with two attached hydrogens (primary N) is 1. The molecule has 0 aromatic heterocycles. The summed E-state index contributed by atoms with van der Waals surface area (Å²) in [5, 5.41) is 10.8. The van der Waals surface area contributed by atoms with Crippen LogP contribution in [-0.2, 0) is 6.42 Å². The number of para-hydroxylation sites is 2. The molecule has 0 amide bonds. The van der Waals surface area contributed by atoms with Gasteiger partial charge in [-0.2, -0.15) is 0 Å². The summed E-state index contributed by atoms with van der Waals surface area (Å²) in [5.41, 5.74) is 7.52. The summed E-state index contributed by atoms with van der Waals surface area (Å²) in [7, 11) is 0. The minimum Gasteiger partial charge on any atom is -0.507 e. The Hall–Kier alpha value is -2.26. The molecule has 0 bridgehead atoms. The highest BCUT2D eigenvalue weighted by atomic mass is 16.5. The van der Waals surface area contributed by atoms with Gasteiger partial charge in [0, 0.05) is 6.42 Å². The molecule has 3 N–H and O–H groups in total. The number of phenolic OH excluding ortho intramolecular Hbond substituents is 1. The Bertz CT molecular complexity index is 798. The fourth-order valence-electron chi connectivity index (χ4n) is 4.39. The van der Waals surface area contributed by atoms with Crippen LogP contribution in [-0.4, -0.2) is 17.3 Å². The van der Waals surface area contributed by atoms with E-state index in [1.54, 1.807) is 0 Å². The summed E-state index contributed by atoms with van der Waals surface area (Å²) in [5.74, 6) is 2.25. The normalized spacial score (nSPS) is 19.7. The summed E-state index contributed by atoms with van der Waals surface area (Å²) in [6, 6.07) is 16.2.